The number of carbonyl (C=O) groups excluding carboxylic acids is 1. The minimum absolute atomic E-state index is 0.100. The van der Waals surface area contributed by atoms with Gasteiger partial charge in [0.2, 0.25) is 0 Å². The molecule has 1 fully saturated rings. The zero-order valence-corrected chi connectivity index (χ0v) is 14.0. The summed E-state index contributed by atoms with van der Waals surface area (Å²) in [5, 5.41) is 1.74. The molecule has 23 heavy (non-hydrogen) atoms. The largest absolute Gasteiger partial charge is 0.462 e. The highest BCUT2D eigenvalue weighted by atomic mass is 31.2. The van der Waals surface area contributed by atoms with Crippen molar-refractivity contribution in [3.63, 3.8) is 0 Å². The molecule has 3 nitrogen and oxygen atoms in total. The van der Waals surface area contributed by atoms with E-state index in [9.17, 15) is 9.36 Å². The number of esters is 1. The first-order chi connectivity index (χ1) is 11.2. The van der Waals surface area contributed by atoms with Crippen LogP contribution in [0.3, 0.4) is 0 Å². The predicted molar refractivity (Wildman–Crippen MR) is 93.0 cm³/mol. The highest BCUT2D eigenvalue weighted by molar-refractivity contribution is 7.78. The van der Waals surface area contributed by atoms with Crippen molar-refractivity contribution in [3.8, 4) is 0 Å². The fraction of sp³-hybridized carbons (Fsp3) is 0.316. The molecule has 0 aromatic heterocycles. The summed E-state index contributed by atoms with van der Waals surface area (Å²) in [7, 11) is -2.70. The van der Waals surface area contributed by atoms with Crippen molar-refractivity contribution in [2.75, 3.05) is 6.16 Å². The van der Waals surface area contributed by atoms with Gasteiger partial charge in [-0.3, -0.25) is 4.79 Å². The second-order valence-corrected chi connectivity index (χ2v) is 8.89. The molecule has 1 saturated heterocycles. The van der Waals surface area contributed by atoms with E-state index in [2.05, 4.69) is 0 Å². The third-order valence-electron chi connectivity index (χ3n) is 4.32. The van der Waals surface area contributed by atoms with E-state index < -0.39 is 7.14 Å². The maximum Gasteiger partial charge on any atom is 0.306 e. The van der Waals surface area contributed by atoms with Crippen molar-refractivity contribution in [3.05, 3.63) is 60.7 Å². The predicted octanol–water partition coefficient (Wildman–Crippen LogP) is 3.49. The lowest BCUT2D eigenvalue weighted by Gasteiger charge is -2.25. The van der Waals surface area contributed by atoms with E-state index in [-0.39, 0.29) is 12.1 Å². The maximum absolute atomic E-state index is 13.8. The van der Waals surface area contributed by atoms with Crippen molar-refractivity contribution in [2.24, 2.45) is 0 Å². The SMILES string of the molecule is O=C1CCCC(CCP(=O)(c2ccccc2)c2ccccc2)O1. The Morgan fingerprint density at radius 3 is 2.04 bits per heavy atom. The Morgan fingerprint density at radius 2 is 1.52 bits per heavy atom. The van der Waals surface area contributed by atoms with Gasteiger partial charge in [0.15, 0.2) is 0 Å². The summed E-state index contributed by atoms with van der Waals surface area (Å²) in [5.74, 6) is -0.129. The normalized spacial score (nSPS) is 18.4. The molecule has 3 rings (SSSR count). The van der Waals surface area contributed by atoms with Gasteiger partial charge in [0.25, 0.3) is 0 Å². The van der Waals surface area contributed by atoms with E-state index in [1.807, 2.05) is 60.7 Å². The van der Waals surface area contributed by atoms with Gasteiger partial charge in [0.1, 0.15) is 13.2 Å². The Kier molecular flexibility index (Phi) is 4.97. The fourth-order valence-corrected chi connectivity index (χ4v) is 5.83. The average Bonchev–Trinajstić information content (AvgIpc) is 2.61. The van der Waals surface area contributed by atoms with E-state index in [0.29, 0.717) is 19.0 Å². The lowest BCUT2D eigenvalue weighted by atomic mass is 10.1. The van der Waals surface area contributed by atoms with E-state index >= 15 is 0 Å². The maximum atomic E-state index is 13.8. The van der Waals surface area contributed by atoms with Crippen LogP contribution in [0.5, 0.6) is 0 Å². The minimum atomic E-state index is -2.70. The van der Waals surface area contributed by atoms with Crippen LogP contribution >= 0.6 is 7.14 Å². The second-order valence-electron chi connectivity index (χ2n) is 5.93. The van der Waals surface area contributed by atoms with Gasteiger partial charge >= 0.3 is 5.97 Å². The third kappa shape index (κ3) is 3.73. The van der Waals surface area contributed by atoms with Crippen LogP contribution in [0.15, 0.2) is 60.7 Å². The molecule has 1 unspecified atom stereocenters. The first-order valence-electron chi connectivity index (χ1n) is 8.08. The third-order valence-corrected chi connectivity index (χ3v) is 7.47. The topological polar surface area (TPSA) is 43.4 Å². The monoisotopic (exact) mass is 328 g/mol. The zero-order chi connectivity index (χ0) is 16.1. The molecular formula is C19H21O3P. The van der Waals surface area contributed by atoms with Crippen LogP contribution in [-0.2, 0) is 14.1 Å². The molecule has 0 spiro atoms. The quantitative estimate of drug-likeness (QED) is 0.623. The molecule has 2 aromatic carbocycles. The smallest absolute Gasteiger partial charge is 0.306 e. The highest BCUT2D eigenvalue weighted by Crippen LogP contribution is 2.44. The van der Waals surface area contributed by atoms with Crippen LogP contribution < -0.4 is 10.6 Å². The van der Waals surface area contributed by atoms with Crippen LogP contribution in [0.25, 0.3) is 0 Å². The highest BCUT2D eigenvalue weighted by Gasteiger charge is 2.29. The van der Waals surface area contributed by atoms with Gasteiger partial charge in [-0.05, 0) is 19.3 Å². The zero-order valence-electron chi connectivity index (χ0n) is 13.1. The second kappa shape index (κ2) is 7.14. The summed E-state index contributed by atoms with van der Waals surface area (Å²) in [5.41, 5.74) is 0. The number of cyclic esters (lactones) is 1. The van der Waals surface area contributed by atoms with Crippen LogP contribution in [0.2, 0.25) is 0 Å². The molecule has 0 radical (unpaired) electrons. The van der Waals surface area contributed by atoms with Crippen molar-refractivity contribution in [1.82, 2.24) is 0 Å². The molecule has 2 aromatic rings. The number of benzene rings is 2. The first-order valence-corrected chi connectivity index (χ1v) is 9.97. The first kappa shape index (κ1) is 16.0. The molecule has 0 bridgehead atoms. The van der Waals surface area contributed by atoms with Gasteiger partial charge < -0.3 is 9.30 Å². The fourth-order valence-electron chi connectivity index (χ4n) is 3.05. The summed E-state index contributed by atoms with van der Waals surface area (Å²) in [6, 6.07) is 19.3. The Hall–Kier alpha value is -1.86. The van der Waals surface area contributed by atoms with E-state index in [0.717, 1.165) is 23.5 Å². The summed E-state index contributed by atoms with van der Waals surface area (Å²) < 4.78 is 19.2. The van der Waals surface area contributed by atoms with Crippen LogP contribution in [0.4, 0.5) is 0 Å². The summed E-state index contributed by atoms with van der Waals surface area (Å²) in [6.45, 7) is 0. The lowest BCUT2D eigenvalue weighted by molar-refractivity contribution is -0.153. The lowest BCUT2D eigenvalue weighted by Crippen LogP contribution is -2.26. The standard InChI is InChI=1S/C19H21O3P/c20-19-13-7-8-16(22-19)14-15-23(21,17-9-3-1-4-10-17)18-11-5-2-6-12-18/h1-6,9-12,16H,7-8,13-15H2. The van der Waals surface area contributed by atoms with Crippen molar-refractivity contribution >= 4 is 23.7 Å². The van der Waals surface area contributed by atoms with E-state index in [4.69, 9.17) is 4.74 Å². The van der Waals surface area contributed by atoms with Gasteiger partial charge in [0, 0.05) is 23.2 Å². The van der Waals surface area contributed by atoms with Crippen molar-refractivity contribution in [1.29, 1.82) is 0 Å². The Morgan fingerprint density at radius 1 is 0.957 bits per heavy atom. The molecule has 1 atom stereocenters. The number of hydrogen-bond acceptors (Lipinski definition) is 3. The number of ether oxygens (including phenoxy) is 1. The van der Waals surface area contributed by atoms with Gasteiger partial charge in [-0.2, -0.15) is 0 Å². The van der Waals surface area contributed by atoms with Crippen molar-refractivity contribution < 1.29 is 14.1 Å². The molecule has 1 aliphatic rings. The number of rotatable bonds is 5. The van der Waals surface area contributed by atoms with E-state index in [1.54, 1.807) is 0 Å². The minimum Gasteiger partial charge on any atom is -0.462 e. The number of carbonyl (C=O) groups is 1. The molecular weight excluding hydrogens is 307 g/mol. The Bertz CT molecular complexity index is 654. The molecule has 0 aliphatic carbocycles. The number of hydrogen-bond donors (Lipinski definition) is 0. The molecule has 0 amide bonds. The van der Waals surface area contributed by atoms with Gasteiger partial charge in [-0.25, -0.2) is 0 Å². The summed E-state index contributed by atoms with van der Waals surface area (Å²) in [4.78, 5) is 11.4. The average molecular weight is 328 g/mol. The molecule has 1 aliphatic heterocycles. The van der Waals surface area contributed by atoms with Crippen LogP contribution in [0.1, 0.15) is 25.7 Å². The molecule has 0 N–H and O–H groups in total. The molecule has 0 saturated carbocycles. The molecule has 120 valence electrons. The van der Waals surface area contributed by atoms with Gasteiger partial charge in [0.05, 0.1) is 0 Å². The molecule has 4 heteroatoms. The Labute approximate surface area is 137 Å². The summed E-state index contributed by atoms with van der Waals surface area (Å²) >= 11 is 0. The van der Waals surface area contributed by atoms with Gasteiger partial charge in [-0.1, -0.05) is 60.7 Å². The molecule has 1 heterocycles. The Balaban J connectivity index is 1.84. The van der Waals surface area contributed by atoms with Gasteiger partial charge in [-0.15, -0.1) is 0 Å². The summed E-state index contributed by atoms with van der Waals surface area (Å²) in [6.07, 6.45) is 3.31. The van der Waals surface area contributed by atoms with Crippen LogP contribution in [-0.4, -0.2) is 18.2 Å². The van der Waals surface area contributed by atoms with Crippen LogP contribution in [0, 0.1) is 0 Å². The van der Waals surface area contributed by atoms with E-state index in [1.165, 1.54) is 0 Å². The van der Waals surface area contributed by atoms with Crippen molar-refractivity contribution in [2.45, 2.75) is 31.8 Å².